The highest BCUT2D eigenvalue weighted by molar-refractivity contribution is 14.1. The van der Waals surface area contributed by atoms with Gasteiger partial charge < -0.3 is 15.5 Å². The van der Waals surface area contributed by atoms with Gasteiger partial charge >= 0.3 is 0 Å². The lowest BCUT2D eigenvalue weighted by Gasteiger charge is -2.33. The van der Waals surface area contributed by atoms with Crippen molar-refractivity contribution in [1.29, 1.82) is 5.26 Å². The van der Waals surface area contributed by atoms with Crippen LogP contribution < -0.4 is 15.5 Å². The Morgan fingerprint density at radius 1 is 1.06 bits per heavy atom. The third kappa shape index (κ3) is 5.85. The van der Waals surface area contributed by atoms with Crippen molar-refractivity contribution in [2.75, 3.05) is 41.7 Å². The van der Waals surface area contributed by atoms with Crippen LogP contribution in [-0.4, -0.2) is 45.2 Å². The Balaban J connectivity index is 1.59. The molecule has 4 rings (SSSR count). The van der Waals surface area contributed by atoms with Crippen LogP contribution in [0.4, 0.5) is 23.0 Å². The quantitative estimate of drug-likeness (QED) is 0.267. The van der Waals surface area contributed by atoms with Gasteiger partial charge in [-0.05, 0) is 36.4 Å². The number of carbonyl (C=O) groups is 1. The third-order valence-corrected chi connectivity index (χ3v) is 6.11. The van der Waals surface area contributed by atoms with E-state index in [1.54, 1.807) is 18.2 Å². The van der Waals surface area contributed by atoms with Crippen LogP contribution in [0, 0.1) is 11.3 Å². The highest BCUT2D eigenvalue weighted by Crippen LogP contribution is 2.26. The molecule has 3 aromatic rings. The molecule has 166 valence electrons. The van der Waals surface area contributed by atoms with Gasteiger partial charge in [0.05, 0.1) is 5.69 Å². The minimum atomic E-state index is -0.297. The summed E-state index contributed by atoms with van der Waals surface area (Å²) >= 11 is 2.36. The predicted molar refractivity (Wildman–Crippen MR) is 139 cm³/mol. The van der Waals surface area contributed by atoms with E-state index in [9.17, 15) is 10.1 Å². The van der Waals surface area contributed by atoms with Gasteiger partial charge in [0.2, 0.25) is 11.9 Å². The Morgan fingerprint density at radius 2 is 1.82 bits per heavy atom. The molecule has 0 saturated carbocycles. The van der Waals surface area contributed by atoms with Crippen molar-refractivity contribution in [1.82, 2.24) is 13.1 Å². The molecular formula is C24H22IN7O. The number of amides is 1. The monoisotopic (exact) mass is 551 g/mol. The summed E-state index contributed by atoms with van der Waals surface area (Å²) in [5, 5.41) is 15.5. The number of nitriles is 1. The van der Waals surface area contributed by atoms with Crippen LogP contribution in [0.3, 0.4) is 0 Å². The Labute approximate surface area is 206 Å². The van der Waals surface area contributed by atoms with E-state index in [0.717, 1.165) is 43.1 Å². The first kappa shape index (κ1) is 22.7. The number of nitrogens with zero attached hydrogens (tertiary/aromatic N) is 5. The van der Waals surface area contributed by atoms with Gasteiger partial charge in [-0.25, -0.2) is 13.1 Å². The molecule has 0 bridgehead atoms. The topological polar surface area (TPSA) is 97.2 Å². The van der Waals surface area contributed by atoms with Crippen LogP contribution in [0.15, 0.2) is 67.3 Å². The van der Waals surface area contributed by atoms with Crippen molar-refractivity contribution in [3.05, 3.63) is 72.9 Å². The molecular weight excluding hydrogens is 529 g/mol. The largest absolute Gasteiger partial charge is 0.369 e. The van der Waals surface area contributed by atoms with Gasteiger partial charge in [-0.2, -0.15) is 5.26 Å². The van der Waals surface area contributed by atoms with Crippen LogP contribution in [0.5, 0.6) is 0 Å². The first-order valence-electron chi connectivity index (χ1n) is 10.4. The van der Waals surface area contributed by atoms with Crippen LogP contribution >= 0.6 is 22.9 Å². The molecule has 0 unspecified atom stereocenters. The molecule has 0 atom stereocenters. The highest BCUT2D eigenvalue weighted by atomic mass is 127. The Kier molecular flexibility index (Phi) is 7.16. The smallest absolute Gasteiger partial charge is 0.247 e. The first-order valence-corrected chi connectivity index (χ1v) is 11.4. The molecule has 0 spiro atoms. The summed E-state index contributed by atoms with van der Waals surface area (Å²) in [6.45, 7) is 7.43. The minimum absolute atomic E-state index is 0.248. The average Bonchev–Trinajstić information content (AvgIpc) is 2.84. The van der Waals surface area contributed by atoms with Gasteiger partial charge in [0.25, 0.3) is 0 Å². The highest BCUT2D eigenvalue weighted by Gasteiger charge is 2.16. The number of hydrogen-bond donors (Lipinski definition) is 2. The summed E-state index contributed by atoms with van der Waals surface area (Å²) in [5.74, 6) is 0.0357. The molecule has 0 radical (unpaired) electrons. The molecule has 0 aliphatic carbocycles. The standard InChI is InChI=1S/C24H22IN7O/c1-2-23(33)27-18-6-3-5-17(13-18)22-15-20(16-26)29-24(30-22)28-19-7-4-8-21(14-19)31-9-11-32(25)12-10-31/h2-8,13-15H,1,9-12H2,(H,27,33)(H,28,29,30). The fourth-order valence-corrected chi connectivity index (χ4v) is 3.94. The molecule has 1 aromatic heterocycles. The molecule has 2 heterocycles. The third-order valence-electron chi connectivity index (χ3n) is 5.14. The lowest BCUT2D eigenvalue weighted by molar-refractivity contribution is -0.111. The molecule has 33 heavy (non-hydrogen) atoms. The maximum atomic E-state index is 11.6. The number of halogens is 1. The number of rotatable bonds is 6. The molecule has 1 saturated heterocycles. The van der Waals surface area contributed by atoms with Crippen molar-refractivity contribution in [2.24, 2.45) is 0 Å². The maximum Gasteiger partial charge on any atom is 0.247 e. The van der Waals surface area contributed by atoms with Crippen molar-refractivity contribution < 1.29 is 4.79 Å². The second kappa shape index (κ2) is 10.4. The second-order valence-electron chi connectivity index (χ2n) is 7.42. The normalized spacial score (nSPS) is 13.8. The molecule has 1 aliphatic rings. The van der Waals surface area contributed by atoms with Gasteiger partial charge in [0.15, 0.2) is 0 Å². The van der Waals surface area contributed by atoms with Crippen LogP contribution in [0.2, 0.25) is 0 Å². The van der Waals surface area contributed by atoms with Crippen molar-refractivity contribution >= 4 is 51.8 Å². The fraction of sp³-hybridized carbons (Fsp3) is 0.167. The van der Waals surface area contributed by atoms with Crippen molar-refractivity contribution in [2.45, 2.75) is 0 Å². The number of nitrogens with one attached hydrogen (secondary N) is 2. The van der Waals surface area contributed by atoms with Crippen molar-refractivity contribution in [3.8, 4) is 17.3 Å². The average molecular weight is 551 g/mol. The maximum absolute atomic E-state index is 11.6. The van der Waals surface area contributed by atoms with E-state index in [2.05, 4.69) is 76.3 Å². The summed E-state index contributed by atoms with van der Waals surface area (Å²) in [5.41, 5.74) is 4.17. The van der Waals surface area contributed by atoms with Gasteiger partial charge in [-0.15, -0.1) is 0 Å². The minimum Gasteiger partial charge on any atom is -0.369 e. The zero-order valence-electron chi connectivity index (χ0n) is 17.8. The first-order chi connectivity index (χ1) is 16.0. The Bertz CT molecular complexity index is 1220. The van der Waals surface area contributed by atoms with Crippen molar-refractivity contribution in [3.63, 3.8) is 0 Å². The number of piperazine rings is 1. The molecule has 2 aromatic carbocycles. The van der Waals surface area contributed by atoms with E-state index in [1.807, 2.05) is 24.3 Å². The summed E-state index contributed by atoms with van der Waals surface area (Å²) < 4.78 is 2.29. The fourth-order valence-electron chi connectivity index (χ4n) is 3.51. The number of anilines is 4. The van der Waals surface area contributed by atoms with Gasteiger partial charge in [0, 0.05) is 77.7 Å². The van der Waals surface area contributed by atoms with E-state index in [-0.39, 0.29) is 11.6 Å². The Morgan fingerprint density at radius 3 is 2.58 bits per heavy atom. The van der Waals surface area contributed by atoms with E-state index >= 15 is 0 Å². The zero-order valence-corrected chi connectivity index (χ0v) is 20.0. The van der Waals surface area contributed by atoms with Gasteiger partial charge in [-0.1, -0.05) is 24.8 Å². The van der Waals surface area contributed by atoms with E-state index in [0.29, 0.717) is 17.3 Å². The molecule has 1 amide bonds. The predicted octanol–water partition coefficient (Wildman–Crippen LogP) is 4.36. The van der Waals surface area contributed by atoms with E-state index in [4.69, 9.17) is 0 Å². The molecule has 1 aliphatic heterocycles. The van der Waals surface area contributed by atoms with Crippen LogP contribution in [0.25, 0.3) is 11.3 Å². The number of benzene rings is 2. The summed E-state index contributed by atoms with van der Waals surface area (Å²) in [7, 11) is 0. The van der Waals surface area contributed by atoms with E-state index in [1.165, 1.54) is 6.08 Å². The summed E-state index contributed by atoms with van der Waals surface area (Å²) in [4.78, 5) is 22.9. The second-order valence-corrected chi connectivity index (χ2v) is 8.78. The molecule has 1 fully saturated rings. The number of hydrogen-bond acceptors (Lipinski definition) is 7. The lowest BCUT2D eigenvalue weighted by atomic mass is 10.1. The summed E-state index contributed by atoms with van der Waals surface area (Å²) in [6.07, 6.45) is 1.21. The van der Waals surface area contributed by atoms with Gasteiger partial charge in [-0.3, -0.25) is 4.79 Å². The zero-order chi connectivity index (χ0) is 23.2. The number of carbonyl (C=O) groups excluding carboxylic acids is 1. The molecule has 9 heteroatoms. The molecule has 8 nitrogen and oxygen atoms in total. The van der Waals surface area contributed by atoms with Crippen LogP contribution in [-0.2, 0) is 4.79 Å². The molecule has 2 N–H and O–H groups in total. The van der Waals surface area contributed by atoms with Crippen LogP contribution in [0.1, 0.15) is 5.69 Å². The van der Waals surface area contributed by atoms with E-state index < -0.39 is 0 Å². The number of aromatic nitrogens is 2. The summed E-state index contributed by atoms with van der Waals surface area (Å²) in [6, 6.07) is 19.1. The lowest BCUT2D eigenvalue weighted by Crippen LogP contribution is -2.42. The Hall–Kier alpha value is -3.49. The SMILES string of the molecule is C=CC(=O)Nc1cccc(-c2cc(C#N)nc(Nc3cccc(N4CCN(I)CC4)c3)n2)c1. The van der Waals surface area contributed by atoms with Gasteiger partial charge in [0.1, 0.15) is 11.8 Å².